The molecule has 5 heteroatoms. The summed E-state index contributed by atoms with van der Waals surface area (Å²) in [5.74, 6) is 0.900. The Balaban J connectivity index is 2.29. The highest BCUT2D eigenvalue weighted by molar-refractivity contribution is 5.79. The molecule has 1 atom stereocenters. The summed E-state index contributed by atoms with van der Waals surface area (Å²) in [6.07, 6.45) is 2.04. The molecule has 1 aromatic carbocycles. The summed E-state index contributed by atoms with van der Waals surface area (Å²) in [4.78, 5) is 6.99. The van der Waals surface area contributed by atoms with Crippen LogP contribution < -0.4 is 10.6 Å². The van der Waals surface area contributed by atoms with Crippen LogP contribution in [-0.4, -0.2) is 56.8 Å². The van der Waals surface area contributed by atoms with E-state index in [9.17, 15) is 0 Å². The zero-order valence-electron chi connectivity index (χ0n) is 16.4. The van der Waals surface area contributed by atoms with Crippen molar-refractivity contribution in [1.29, 1.82) is 0 Å². The number of rotatable bonds is 12. The van der Waals surface area contributed by atoms with Crippen molar-refractivity contribution in [1.82, 2.24) is 15.5 Å². The minimum atomic E-state index is 0.508. The molecule has 0 amide bonds. The van der Waals surface area contributed by atoms with Crippen LogP contribution in [0.5, 0.6) is 0 Å². The Morgan fingerprint density at radius 2 is 1.96 bits per heavy atom. The second-order valence-corrected chi connectivity index (χ2v) is 6.28. The third-order valence-corrected chi connectivity index (χ3v) is 4.15. The highest BCUT2D eigenvalue weighted by Gasteiger charge is 2.09. The summed E-state index contributed by atoms with van der Waals surface area (Å²) < 4.78 is 5.35. The molecule has 1 unspecified atom stereocenters. The minimum Gasteiger partial charge on any atom is -0.382 e. The Kier molecular flexibility index (Phi) is 11.7. The molecule has 1 aromatic rings. The normalized spacial score (nSPS) is 13.1. The SMILES string of the molecule is CCNC(=NCCCOCC)NCCC(C)N(C)Cc1ccccc1. The van der Waals surface area contributed by atoms with Gasteiger partial charge in [-0.05, 0) is 46.2 Å². The van der Waals surface area contributed by atoms with E-state index in [4.69, 9.17) is 4.74 Å². The molecule has 0 bridgehead atoms. The zero-order chi connectivity index (χ0) is 18.3. The quantitative estimate of drug-likeness (QED) is 0.346. The van der Waals surface area contributed by atoms with Gasteiger partial charge in [0, 0.05) is 45.4 Å². The monoisotopic (exact) mass is 348 g/mol. The molecule has 25 heavy (non-hydrogen) atoms. The maximum atomic E-state index is 5.35. The van der Waals surface area contributed by atoms with E-state index >= 15 is 0 Å². The van der Waals surface area contributed by atoms with Crippen LogP contribution in [0.2, 0.25) is 0 Å². The molecule has 0 radical (unpaired) electrons. The van der Waals surface area contributed by atoms with E-state index in [1.807, 2.05) is 6.92 Å². The van der Waals surface area contributed by atoms with Crippen LogP contribution in [0.25, 0.3) is 0 Å². The summed E-state index contributed by atoms with van der Waals surface area (Å²) >= 11 is 0. The van der Waals surface area contributed by atoms with Crippen LogP contribution in [0, 0.1) is 0 Å². The van der Waals surface area contributed by atoms with E-state index in [0.29, 0.717) is 6.04 Å². The van der Waals surface area contributed by atoms with Crippen molar-refractivity contribution in [3.8, 4) is 0 Å². The summed E-state index contributed by atoms with van der Waals surface area (Å²) in [7, 11) is 2.19. The Bertz CT molecular complexity index is 464. The van der Waals surface area contributed by atoms with Crippen molar-refractivity contribution in [2.24, 2.45) is 4.99 Å². The van der Waals surface area contributed by atoms with Crippen molar-refractivity contribution in [3.63, 3.8) is 0 Å². The van der Waals surface area contributed by atoms with Gasteiger partial charge in [0.25, 0.3) is 0 Å². The lowest BCUT2D eigenvalue weighted by molar-refractivity contribution is 0.146. The summed E-state index contributed by atoms with van der Waals surface area (Å²) in [5, 5.41) is 6.73. The Morgan fingerprint density at radius 3 is 2.64 bits per heavy atom. The highest BCUT2D eigenvalue weighted by Crippen LogP contribution is 2.07. The number of hydrogen-bond donors (Lipinski definition) is 2. The van der Waals surface area contributed by atoms with Gasteiger partial charge in [-0.2, -0.15) is 0 Å². The predicted octanol–water partition coefficient (Wildman–Crippen LogP) is 2.88. The first kappa shape index (κ1) is 21.5. The number of nitrogens with zero attached hydrogens (tertiary/aromatic N) is 2. The van der Waals surface area contributed by atoms with Gasteiger partial charge in [0.1, 0.15) is 0 Å². The maximum absolute atomic E-state index is 5.35. The van der Waals surface area contributed by atoms with Gasteiger partial charge in [-0.1, -0.05) is 30.3 Å². The number of hydrogen-bond acceptors (Lipinski definition) is 3. The molecule has 0 aliphatic rings. The topological polar surface area (TPSA) is 48.9 Å². The molecule has 0 fully saturated rings. The number of aliphatic imine (C=N–C) groups is 1. The van der Waals surface area contributed by atoms with Gasteiger partial charge in [-0.25, -0.2) is 0 Å². The largest absolute Gasteiger partial charge is 0.382 e. The van der Waals surface area contributed by atoms with Crippen molar-refractivity contribution in [3.05, 3.63) is 35.9 Å². The fourth-order valence-corrected chi connectivity index (χ4v) is 2.49. The molecule has 0 aliphatic carbocycles. The molecule has 0 aromatic heterocycles. The average Bonchev–Trinajstić information content (AvgIpc) is 2.62. The van der Waals surface area contributed by atoms with Crippen molar-refractivity contribution in [2.45, 2.75) is 46.2 Å². The standard InChI is InChI=1S/C20H36N4O/c1-5-21-20(22-14-10-16-25-6-2)23-15-13-18(3)24(4)17-19-11-8-7-9-12-19/h7-9,11-12,18H,5-6,10,13-17H2,1-4H3,(H2,21,22,23). The van der Waals surface area contributed by atoms with E-state index in [1.54, 1.807) is 0 Å². The van der Waals surface area contributed by atoms with E-state index in [0.717, 1.165) is 58.2 Å². The fraction of sp³-hybridized carbons (Fsp3) is 0.650. The molecule has 5 nitrogen and oxygen atoms in total. The van der Waals surface area contributed by atoms with Gasteiger partial charge in [0.05, 0.1) is 0 Å². The van der Waals surface area contributed by atoms with E-state index in [-0.39, 0.29) is 0 Å². The molecular weight excluding hydrogens is 312 g/mol. The molecule has 2 N–H and O–H groups in total. The van der Waals surface area contributed by atoms with E-state index < -0.39 is 0 Å². The first-order valence-electron chi connectivity index (χ1n) is 9.51. The van der Waals surface area contributed by atoms with Gasteiger partial charge >= 0.3 is 0 Å². The van der Waals surface area contributed by atoms with Gasteiger partial charge in [-0.3, -0.25) is 9.89 Å². The molecule has 0 heterocycles. The highest BCUT2D eigenvalue weighted by atomic mass is 16.5. The van der Waals surface area contributed by atoms with Crippen LogP contribution >= 0.6 is 0 Å². The van der Waals surface area contributed by atoms with Gasteiger partial charge < -0.3 is 15.4 Å². The Morgan fingerprint density at radius 1 is 1.20 bits per heavy atom. The van der Waals surface area contributed by atoms with Crippen molar-refractivity contribution < 1.29 is 4.74 Å². The number of nitrogens with one attached hydrogen (secondary N) is 2. The lowest BCUT2D eigenvalue weighted by Gasteiger charge is -2.25. The average molecular weight is 349 g/mol. The third kappa shape index (κ3) is 10.1. The summed E-state index contributed by atoms with van der Waals surface area (Å²) in [6.45, 7) is 11.5. The number of ether oxygens (including phenoxy) is 1. The van der Waals surface area contributed by atoms with E-state index in [2.05, 4.69) is 71.8 Å². The van der Waals surface area contributed by atoms with Crippen LogP contribution in [-0.2, 0) is 11.3 Å². The molecule has 142 valence electrons. The van der Waals surface area contributed by atoms with Crippen LogP contribution in [0.3, 0.4) is 0 Å². The first-order valence-corrected chi connectivity index (χ1v) is 9.51. The van der Waals surface area contributed by atoms with Crippen LogP contribution in [0.15, 0.2) is 35.3 Å². The molecule has 0 saturated heterocycles. The molecular formula is C20H36N4O. The summed E-state index contributed by atoms with van der Waals surface area (Å²) in [5.41, 5.74) is 1.36. The zero-order valence-corrected chi connectivity index (χ0v) is 16.4. The Hall–Kier alpha value is -1.59. The van der Waals surface area contributed by atoms with Crippen molar-refractivity contribution >= 4 is 5.96 Å². The predicted molar refractivity (Wildman–Crippen MR) is 107 cm³/mol. The van der Waals surface area contributed by atoms with Crippen LogP contribution in [0.1, 0.15) is 39.2 Å². The summed E-state index contributed by atoms with van der Waals surface area (Å²) in [6, 6.07) is 11.1. The lowest BCUT2D eigenvalue weighted by atomic mass is 10.1. The molecule has 0 spiro atoms. The second-order valence-electron chi connectivity index (χ2n) is 6.28. The number of guanidine groups is 1. The van der Waals surface area contributed by atoms with E-state index in [1.165, 1.54) is 5.56 Å². The van der Waals surface area contributed by atoms with Crippen molar-refractivity contribution in [2.75, 3.05) is 39.9 Å². The van der Waals surface area contributed by atoms with Crippen LogP contribution in [0.4, 0.5) is 0 Å². The first-order chi connectivity index (χ1) is 12.2. The maximum Gasteiger partial charge on any atom is 0.191 e. The second kappa shape index (κ2) is 13.7. The molecule has 1 rings (SSSR count). The molecule has 0 saturated carbocycles. The van der Waals surface area contributed by atoms with Gasteiger partial charge in [0.2, 0.25) is 0 Å². The fourth-order valence-electron chi connectivity index (χ4n) is 2.49. The molecule has 0 aliphatic heterocycles. The Labute approximate surface area is 153 Å². The third-order valence-electron chi connectivity index (χ3n) is 4.15. The lowest BCUT2D eigenvalue weighted by Crippen LogP contribution is -2.40. The minimum absolute atomic E-state index is 0.508. The smallest absolute Gasteiger partial charge is 0.191 e. The van der Waals surface area contributed by atoms with Gasteiger partial charge in [-0.15, -0.1) is 0 Å². The number of benzene rings is 1. The van der Waals surface area contributed by atoms with Gasteiger partial charge in [0.15, 0.2) is 5.96 Å².